The van der Waals surface area contributed by atoms with Crippen LogP contribution in [0, 0.1) is 0 Å². The van der Waals surface area contributed by atoms with Gasteiger partial charge in [-0.1, -0.05) is 6.07 Å². The lowest BCUT2D eigenvalue weighted by Gasteiger charge is -2.29. The van der Waals surface area contributed by atoms with Crippen LogP contribution in [0.1, 0.15) is 37.3 Å². The molecule has 1 fully saturated rings. The Bertz CT molecular complexity index is 1270. The zero-order valence-corrected chi connectivity index (χ0v) is 20.6. The number of anilines is 1. The molecule has 1 saturated heterocycles. The van der Waals surface area contributed by atoms with E-state index < -0.39 is 0 Å². The molecular formula is C28H28N4O2S. The van der Waals surface area contributed by atoms with Crippen LogP contribution in [0.4, 0.5) is 5.69 Å². The molecule has 7 heteroatoms. The molecule has 2 atom stereocenters. The van der Waals surface area contributed by atoms with Gasteiger partial charge in [-0.15, -0.1) is 0 Å². The summed E-state index contributed by atoms with van der Waals surface area (Å²) in [6.45, 7) is 5.24. The van der Waals surface area contributed by atoms with Gasteiger partial charge in [-0.05, 0) is 98.9 Å². The number of ether oxygens (including phenoxy) is 2. The summed E-state index contributed by atoms with van der Waals surface area (Å²) in [5.41, 5.74) is 4.09. The first-order chi connectivity index (χ1) is 17.2. The molecule has 1 aliphatic rings. The third-order valence-corrected chi connectivity index (χ3v) is 6.35. The van der Waals surface area contributed by atoms with E-state index >= 15 is 0 Å². The first-order valence-electron chi connectivity index (χ1n) is 11.8. The van der Waals surface area contributed by atoms with Gasteiger partial charge in [-0.25, -0.2) is 0 Å². The van der Waals surface area contributed by atoms with Crippen LogP contribution in [0.15, 0.2) is 91.3 Å². The highest BCUT2D eigenvalue weighted by Gasteiger charge is 2.42. The van der Waals surface area contributed by atoms with Crippen molar-refractivity contribution >= 4 is 23.0 Å². The first-order valence-corrected chi connectivity index (χ1v) is 12.2. The van der Waals surface area contributed by atoms with Crippen LogP contribution in [0.3, 0.4) is 0 Å². The van der Waals surface area contributed by atoms with Gasteiger partial charge in [-0.2, -0.15) is 0 Å². The lowest BCUT2D eigenvalue weighted by Crippen LogP contribution is -2.30. The maximum Gasteiger partial charge on any atom is 0.174 e. The van der Waals surface area contributed by atoms with E-state index in [2.05, 4.69) is 62.4 Å². The number of nitrogens with zero attached hydrogens (tertiary/aromatic N) is 3. The number of aromatic nitrogens is 2. The van der Waals surface area contributed by atoms with Crippen LogP contribution in [-0.2, 0) is 0 Å². The lowest BCUT2D eigenvalue weighted by atomic mass is 10.0. The van der Waals surface area contributed by atoms with Gasteiger partial charge in [0.2, 0.25) is 0 Å². The summed E-state index contributed by atoms with van der Waals surface area (Å²) in [5.74, 6) is 1.70. The summed E-state index contributed by atoms with van der Waals surface area (Å²) < 4.78 is 13.5. The molecule has 0 aliphatic carbocycles. The molecule has 0 amide bonds. The fourth-order valence-electron chi connectivity index (χ4n) is 4.54. The maximum atomic E-state index is 5.87. The largest absolute Gasteiger partial charge is 0.494 e. The Balaban J connectivity index is 1.58. The molecule has 1 aliphatic heterocycles. The number of hydrogen-bond donors (Lipinski definition) is 1. The summed E-state index contributed by atoms with van der Waals surface area (Å²) in [7, 11) is 0. The molecule has 1 N–H and O–H groups in total. The number of hydrogen-bond acceptors (Lipinski definition) is 4. The molecular weight excluding hydrogens is 456 g/mol. The van der Waals surface area contributed by atoms with Crippen molar-refractivity contribution in [2.45, 2.75) is 25.9 Å². The van der Waals surface area contributed by atoms with Gasteiger partial charge in [0.05, 0.1) is 24.9 Å². The Labute approximate surface area is 211 Å². The quantitative estimate of drug-likeness (QED) is 0.317. The van der Waals surface area contributed by atoms with Crippen molar-refractivity contribution in [3.05, 3.63) is 103 Å². The molecule has 0 bridgehead atoms. The average molecular weight is 485 g/mol. The third-order valence-electron chi connectivity index (χ3n) is 6.03. The van der Waals surface area contributed by atoms with Gasteiger partial charge in [0.1, 0.15) is 17.5 Å². The van der Waals surface area contributed by atoms with E-state index in [0.717, 1.165) is 34.3 Å². The van der Waals surface area contributed by atoms with Crippen molar-refractivity contribution in [1.82, 2.24) is 14.9 Å². The number of thiocarbonyl (C=S) groups is 1. The van der Waals surface area contributed by atoms with Crippen molar-refractivity contribution in [3.63, 3.8) is 0 Å². The molecule has 178 valence electrons. The summed E-state index contributed by atoms with van der Waals surface area (Å²) in [5, 5.41) is 4.19. The second-order valence-corrected chi connectivity index (χ2v) is 8.54. The smallest absolute Gasteiger partial charge is 0.174 e. The van der Waals surface area contributed by atoms with E-state index in [1.165, 1.54) is 0 Å². The first kappa shape index (κ1) is 22.9. The van der Waals surface area contributed by atoms with E-state index in [1.807, 2.05) is 62.5 Å². The van der Waals surface area contributed by atoms with E-state index in [9.17, 15) is 0 Å². The highest BCUT2D eigenvalue weighted by Crippen LogP contribution is 2.42. The summed E-state index contributed by atoms with van der Waals surface area (Å²) in [6, 6.07) is 26.2. The van der Waals surface area contributed by atoms with Crippen molar-refractivity contribution in [2.75, 3.05) is 18.1 Å². The van der Waals surface area contributed by atoms with Crippen molar-refractivity contribution < 1.29 is 9.47 Å². The Kier molecular flexibility index (Phi) is 6.68. The van der Waals surface area contributed by atoms with Crippen LogP contribution in [0.2, 0.25) is 0 Å². The van der Waals surface area contributed by atoms with Crippen LogP contribution in [0.5, 0.6) is 11.5 Å². The van der Waals surface area contributed by atoms with Crippen LogP contribution in [-0.4, -0.2) is 27.9 Å². The minimum atomic E-state index is -0.119. The Morgan fingerprint density at radius 3 is 2.09 bits per heavy atom. The Morgan fingerprint density at radius 2 is 1.49 bits per heavy atom. The minimum absolute atomic E-state index is 0.114. The highest BCUT2D eigenvalue weighted by molar-refractivity contribution is 7.80. The molecule has 2 aromatic carbocycles. The molecule has 3 heterocycles. The topological polar surface area (TPSA) is 51.5 Å². The normalized spacial score (nSPS) is 17.3. The highest BCUT2D eigenvalue weighted by atomic mass is 32.1. The molecule has 6 nitrogen and oxygen atoms in total. The fourth-order valence-corrected chi connectivity index (χ4v) is 4.89. The molecule has 0 saturated carbocycles. The van der Waals surface area contributed by atoms with E-state index in [-0.39, 0.29) is 12.1 Å². The molecule has 2 aromatic heterocycles. The molecule has 0 spiro atoms. The predicted molar refractivity (Wildman–Crippen MR) is 142 cm³/mol. The van der Waals surface area contributed by atoms with Crippen LogP contribution >= 0.6 is 12.2 Å². The standard InChI is InChI=1S/C28H28N4O2S/c1-3-33-22-14-10-20(11-15-22)31-19-7-9-25(31)27-26(24-8-5-6-18-29-24)30-28(35)32(27)21-12-16-23(17-13-21)34-4-2/h5-19,26-27H,3-4H2,1-2H3,(H,30,35)/t26-,27-/m1/s1. The molecule has 4 aromatic rings. The maximum absolute atomic E-state index is 5.87. The van der Waals surface area contributed by atoms with E-state index in [0.29, 0.717) is 18.3 Å². The predicted octanol–water partition coefficient (Wildman–Crippen LogP) is 5.85. The Hall–Kier alpha value is -3.84. The zero-order valence-electron chi connectivity index (χ0n) is 19.8. The zero-order chi connectivity index (χ0) is 24.2. The second kappa shape index (κ2) is 10.2. The monoisotopic (exact) mass is 484 g/mol. The van der Waals surface area contributed by atoms with Gasteiger partial charge in [0.15, 0.2) is 5.11 Å². The van der Waals surface area contributed by atoms with Crippen molar-refractivity contribution in [2.24, 2.45) is 0 Å². The Morgan fingerprint density at radius 1 is 0.829 bits per heavy atom. The second-order valence-electron chi connectivity index (χ2n) is 8.15. The molecule has 5 rings (SSSR count). The molecule has 0 radical (unpaired) electrons. The molecule has 0 unspecified atom stereocenters. The van der Waals surface area contributed by atoms with E-state index in [1.54, 1.807) is 0 Å². The van der Waals surface area contributed by atoms with Crippen LogP contribution < -0.4 is 19.7 Å². The average Bonchev–Trinajstić information content (AvgIpc) is 3.50. The van der Waals surface area contributed by atoms with Gasteiger partial charge in [0, 0.05) is 29.5 Å². The fraction of sp³-hybridized carbons (Fsp3) is 0.214. The molecule has 35 heavy (non-hydrogen) atoms. The van der Waals surface area contributed by atoms with E-state index in [4.69, 9.17) is 21.7 Å². The number of benzene rings is 2. The number of pyridine rings is 1. The summed E-state index contributed by atoms with van der Waals surface area (Å²) in [6.07, 6.45) is 3.90. The lowest BCUT2D eigenvalue weighted by molar-refractivity contribution is 0.340. The minimum Gasteiger partial charge on any atom is -0.494 e. The van der Waals surface area contributed by atoms with Gasteiger partial charge in [-0.3, -0.25) is 4.98 Å². The number of rotatable bonds is 8. The van der Waals surface area contributed by atoms with Crippen molar-refractivity contribution in [3.8, 4) is 17.2 Å². The summed E-state index contributed by atoms with van der Waals surface area (Å²) >= 11 is 5.87. The van der Waals surface area contributed by atoms with Crippen molar-refractivity contribution in [1.29, 1.82) is 0 Å². The van der Waals surface area contributed by atoms with Gasteiger partial charge < -0.3 is 24.3 Å². The number of nitrogens with one attached hydrogen (secondary N) is 1. The summed E-state index contributed by atoms with van der Waals surface area (Å²) in [4.78, 5) is 6.83. The van der Waals surface area contributed by atoms with Crippen LogP contribution in [0.25, 0.3) is 5.69 Å². The SMILES string of the molecule is CCOc1ccc(N2C(=S)N[C@H](c3ccccn3)[C@H]2c2cccn2-c2ccc(OCC)cc2)cc1. The van der Waals surface area contributed by atoms with Gasteiger partial charge >= 0.3 is 0 Å². The van der Waals surface area contributed by atoms with Gasteiger partial charge in [0.25, 0.3) is 0 Å². The third kappa shape index (κ3) is 4.59.